The summed E-state index contributed by atoms with van der Waals surface area (Å²) in [7, 11) is 0. The van der Waals surface area contributed by atoms with Crippen LogP contribution in [0.2, 0.25) is 0 Å². The van der Waals surface area contributed by atoms with Crippen LogP contribution >= 0.6 is 0 Å². The minimum Gasteiger partial charge on any atom is -0.353 e. The summed E-state index contributed by atoms with van der Waals surface area (Å²) < 4.78 is 3.68. The van der Waals surface area contributed by atoms with Crippen LogP contribution < -0.4 is 9.80 Å². The molecule has 1 fully saturated rings. The van der Waals surface area contributed by atoms with Crippen LogP contribution in [0, 0.1) is 6.92 Å². The Balaban J connectivity index is 1.43. The van der Waals surface area contributed by atoms with Gasteiger partial charge < -0.3 is 9.80 Å². The van der Waals surface area contributed by atoms with E-state index in [1.165, 1.54) is 6.33 Å². The molecule has 10 heteroatoms. The third-order valence-corrected chi connectivity index (χ3v) is 4.46. The molecule has 0 amide bonds. The SMILES string of the molecule is Cc1cc(N2CCN(c3nccn4cnnc34)CC2)n2ncnc2n1. The van der Waals surface area contributed by atoms with E-state index in [0.717, 1.165) is 49.2 Å². The van der Waals surface area contributed by atoms with Gasteiger partial charge in [0.1, 0.15) is 18.5 Å². The second-order valence-electron chi connectivity index (χ2n) is 6.01. The quantitative estimate of drug-likeness (QED) is 0.512. The first kappa shape index (κ1) is 14.1. The molecule has 0 unspecified atom stereocenters. The van der Waals surface area contributed by atoms with Gasteiger partial charge in [0.25, 0.3) is 5.78 Å². The van der Waals surface area contributed by atoms with Crippen molar-refractivity contribution >= 4 is 23.1 Å². The van der Waals surface area contributed by atoms with Gasteiger partial charge in [0.15, 0.2) is 5.82 Å². The maximum absolute atomic E-state index is 4.50. The Morgan fingerprint density at radius 1 is 1.04 bits per heavy atom. The number of nitrogens with zero attached hydrogens (tertiary/aromatic N) is 10. The molecule has 0 N–H and O–H groups in total. The summed E-state index contributed by atoms with van der Waals surface area (Å²) in [6.07, 6.45) is 6.87. The van der Waals surface area contributed by atoms with E-state index < -0.39 is 0 Å². The second kappa shape index (κ2) is 5.36. The van der Waals surface area contributed by atoms with E-state index in [-0.39, 0.29) is 0 Å². The minimum absolute atomic E-state index is 0.632. The van der Waals surface area contributed by atoms with Crippen molar-refractivity contribution < 1.29 is 0 Å². The van der Waals surface area contributed by atoms with Crippen LogP contribution in [0.5, 0.6) is 0 Å². The Morgan fingerprint density at radius 3 is 2.76 bits per heavy atom. The van der Waals surface area contributed by atoms with Crippen LogP contribution in [0.4, 0.5) is 11.6 Å². The van der Waals surface area contributed by atoms with Crippen LogP contribution in [-0.4, -0.2) is 65.3 Å². The van der Waals surface area contributed by atoms with Gasteiger partial charge in [-0.25, -0.2) is 9.97 Å². The number of aryl methyl sites for hydroxylation is 1. The molecular weight excluding hydrogens is 320 g/mol. The normalized spacial score (nSPS) is 15.4. The molecule has 1 aliphatic heterocycles. The molecule has 5 rings (SSSR count). The second-order valence-corrected chi connectivity index (χ2v) is 6.01. The highest BCUT2D eigenvalue weighted by atomic mass is 15.4. The van der Waals surface area contributed by atoms with E-state index >= 15 is 0 Å². The van der Waals surface area contributed by atoms with Crippen LogP contribution in [0.1, 0.15) is 5.69 Å². The molecule has 5 heterocycles. The van der Waals surface area contributed by atoms with Gasteiger partial charge in [-0.3, -0.25) is 4.40 Å². The maximum Gasteiger partial charge on any atom is 0.254 e. The van der Waals surface area contributed by atoms with E-state index in [1.54, 1.807) is 17.0 Å². The van der Waals surface area contributed by atoms with Crippen molar-refractivity contribution in [3.63, 3.8) is 0 Å². The fourth-order valence-electron chi connectivity index (χ4n) is 3.25. The summed E-state index contributed by atoms with van der Waals surface area (Å²) in [6.45, 7) is 5.38. The van der Waals surface area contributed by atoms with Gasteiger partial charge in [-0.1, -0.05) is 0 Å². The van der Waals surface area contributed by atoms with E-state index in [4.69, 9.17) is 0 Å². The topological polar surface area (TPSA) is 92.6 Å². The Bertz CT molecular complexity index is 1040. The summed E-state index contributed by atoms with van der Waals surface area (Å²) in [5.41, 5.74) is 1.72. The Morgan fingerprint density at radius 2 is 1.88 bits per heavy atom. The molecule has 0 spiro atoms. The number of fused-ring (bicyclic) bond motifs is 2. The van der Waals surface area contributed by atoms with Crippen LogP contribution in [-0.2, 0) is 0 Å². The lowest BCUT2D eigenvalue weighted by atomic mass is 10.3. The van der Waals surface area contributed by atoms with E-state index in [1.807, 2.05) is 17.5 Å². The van der Waals surface area contributed by atoms with Gasteiger partial charge in [0, 0.05) is 50.3 Å². The smallest absolute Gasteiger partial charge is 0.254 e. The lowest BCUT2D eigenvalue weighted by Gasteiger charge is -2.36. The van der Waals surface area contributed by atoms with Gasteiger partial charge in [-0.2, -0.15) is 14.6 Å². The van der Waals surface area contributed by atoms with Crippen molar-refractivity contribution in [2.45, 2.75) is 6.92 Å². The van der Waals surface area contributed by atoms with Gasteiger partial charge in [-0.15, -0.1) is 10.2 Å². The monoisotopic (exact) mass is 336 g/mol. The van der Waals surface area contributed by atoms with E-state index in [9.17, 15) is 0 Å². The van der Waals surface area contributed by atoms with Crippen LogP contribution in [0.3, 0.4) is 0 Å². The highest BCUT2D eigenvalue weighted by Gasteiger charge is 2.23. The third kappa shape index (κ3) is 2.25. The number of aromatic nitrogens is 8. The number of piperazine rings is 1. The molecule has 0 radical (unpaired) electrons. The van der Waals surface area contributed by atoms with Crippen LogP contribution in [0.25, 0.3) is 11.4 Å². The van der Waals surface area contributed by atoms with Crippen molar-refractivity contribution in [3.8, 4) is 0 Å². The first-order valence-electron chi connectivity index (χ1n) is 8.11. The maximum atomic E-state index is 4.50. The van der Waals surface area contributed by atoms with Crippen molar-refractivity contribution in [1.29, 1.82) is 0 Å². The molecular formula is C15H16N10. The van der Waals surface area contributed by atoms with Crippen molar-refractivity contribution in [3.05, 3.63) is 36.8 Å². The molecule has 126 valence electrons. The van der Waals surface area contributed by atoms with Crippen molar-refractivity contribution in [1.82, 2.24) is 39.2 Å². The largest absolute Gasteiger partial charge is 0.353 e. The fraction of sp³-hybridized carbons (Fsp3) is 0.333. The summed E-state index contributed by atoms with van der Waals surface area (Å²) in [5, 5.41) is 12.4. The molecule has 4 aromatic heterocycles. The highest BCUT2D eigenvalue weighted by Crippen LogP contribution is 2.22. The molecule has 10 nitrogen and oxygen atoms in total. The average Bonchev–Trinajstić information content (AvgIpc) is 3.29. The van der Waals surface area contributed by atoms with Gasteiger partial charge >= 0.3 is 0 Å². The highest BCUT2D eigenvalue weighted by molar-refractivity contribution is 5.64. The first-order valence-corrected chi connectivity index (χ1v) is 8.11. The van der Waals surface area contributed by atoms with E-state index in [0.29, 0.717) is 5.78 Å². The Kier molecular flexibility index (Phi) is 3.02. The zero-order chi connectivity index (χ0) is 16.8. The molecule has 0 atom stereocenters. The standard InChI is InChI=1S/C15H16N10/c1-11-8-12(25-15(20-11)17-9-19-25)22-4-6-23(7-5-22)13-14-21-18-10-24(14)3-2-16-13/h2-3,8-10H,4-7H2,1H3. The molecule has 1 aliphatic rings. The first-order chi connectivity index (χ1) is 12.3. The average molecular weight is 336 g/mol. The molecule has 0 aliphatic carbocycles. The summed E-state index contributed by atoms with van der Waals surface area (Å²) >= 11 is 0. The molecule has 0 saturated carbocycles. The van der Waals surface area contributed by atoms with E-state index in [2.05, 4.69) is 46.1 Å². The number of hydrogen-bond acceptors (Lipinski definition) is 8. The van der Waals surface area contributed by atoms with Crippen LogP contribution in [0.15, 0.2) is 31.1 Å². The lowest BCUT2D eigenvalue weighted by molar-refractivity contribution is 0.633. The van der Waals surface area contributed by atoms with Crippen molar-refractivity contribution in [2.24, 2.45) is 0 Å². The number of rotatable bonds is 2. The Hall–Kier alpha value is -3.30. The third-order valence-electron chi connectivity index (χ3n) is 4.46. The zero-order valence-electron chi connectivity index (χ0n) is 13.7. The number of anilines is 2. The zero-order valence-corrected chi connectivity index (χ0v) is 13.7. The molecule has 4 aromatic rings. The molecule has 25 heavy (non-hydrogen) atoms. The molecule has 0 bridgehead atoms. The minimum atomic E-state index is 0.632. The predicted molar refractivity (Wildman–Crippen MR) is 90.7 cm³/mol. The van der Waals surface area contributed by atoms with Gasteiger partial charge in [0.2, 0.25) is 5.65 Å². The summed E-state index contributed by atoms with van der Waals surface area (Å²) in [4.78, 5) is 17.7. The van der Waals surface area contributed by atoms with Crippen molar-refractivity contribution in [2.75, 3.05) is 36.0 Å². The molecule has 0 aromatic carbocycles. The predicted octanol–water partition coefficient (Wildman–Crippen LogP) is 0.197. The molecule has 1 saturated heterocycles. The Labute approximate surface area is 142 Å². The van der Waals surface area contributed by atoms with Gasteiger partial charge in [0.05, 0.1) is 0 Å². The summed E-state index contributed by atoms with van der Waals surface area (Å²) in [6, 6.07) is 2.05. The number of hydrogen-bond donors (Lipinski definition) is 0. The van der Waals surface area contributed by atoms with Gasteiger partial charge in [-0.05, 0) is 6.92 Å². The fourth-order valence-corrected chi connectivity index (χ4v) is 3.25. The summed E-state index contributed by atoms with van der Waals surface area (Å²) in [5.74, 6) is 2.53. The lowest BCUT2D eigenvalue weighted by Crippen LogP contribution is -2.47.